The molecule has 0 unspecified atom stereocenters. The van der Waals surface area contributed by atoms with Crippen LogP contribution in [-0.4, -0.2) is 49.7 Å². The lowest BCUT2D eigenvalue weighted by Gasteiger charge is -2.34. The molecule has 0 spiro atoms. The summed E-state index contributed by atoms with van der Waals surface area (Å²) in [5.74, 6) is -1.24. The lowest BCUT2D eigenvalue weighted by atomic mass is 10.1. The second-order valence-corrected chi connectivity index (χ2v) is 8.25. The third-order valence-corrected chi connectivity index (χ3v) is 6.49. The molecule has 2 aromatic carbocycles. The molecule has 1 saturated heterocycles. The first-order chi connectivity index (χ1) is 12.9. The van der Waals surface area contributed by atoms with Gasteiger partial charge in [-0.15, -0.1) is 0 Å². The molecule has 0 atom stereocenters. The minimum atomic E-state index is -3.92. The SMILES string of the molecule is O=C(CCc1cccc(F)c1)N1CCN(S(=O)(=O)c2ccccc2F)CC1. The third kappa shape index (κ3) is 4.51. The van der Waals surface area contributed by atoms with Gasteiger partial charge in [-0.3, -0.25) is 4.79 Å². The predicted molar refractivity (Wildman–Crippen MR) is 96.5 cm³/mol. The number of sulfonamides is 1. The summed E-state index contributed by atoms with van der Waals surface area (Å²) in [4.78, 5) is 13.6. The van der Waals surface area contributed by atoms with Crippen molar-refractivity contribution in [3.8, 4) is 0 Å². The van der Waals surface area contributed by atoms with E-state index in [1.807, 2.05) is 0 Å². The molecule has 8 heteroatoms. The van der Waals surface area contributed by atoms with Crippen molar-refractivity contribution in [1.82, 2.24) is 9.21 Å². The Morgan fingerprint density at radius 3 is 2.33 bits per heavy atom. The number of amides is 1. The Labute approximate surface area is 157 Å². The number of hydrogen-bond donors (Lipinski definition) is 0. The van der Waals surface area contributed by atoms with Crippen molar-refractivity contribution >= 4 is 15.9 Å². The van der Waals surface area contributed by atoms with Crippen molar-refractivity contribution in [2.24, 2.45) is 0 Å². The monoisotopic (exact) mass is 394 g/mol. The van der Waals surface area contributed by atoms with E-state index in [1.54, 1.807) is 17.0 Å². The maximum atomic E-state index is 13.8. The number of hydrogen-bond acceptors (Lipinski definition) is 3. The molecule has 1 amide bonds. The van der Waals surface area contributed by atoms with Crippen molar-refractivity contribution in [3.63, 3.8) is 0 Å². The summed E-state index contributed by atoms with van der Waals surface area (Å²) in [7, 11) is -3.92. The molecular formula is C19H20F2N2O3S. The summed E-state index contributed by atoms with van der Waals surface area (Å²) in [6.07, 6.45) is 0.647. The Morgan fingerprint density at radius 1 is 0.963 bits per heavy atom. The van der Waals surface area contributed by atoms with Crippen molar-refractivity contribution < 1.29 is 22.0 Å². The molecule has 0 N–H and O–H groups in total. The molecule has 0 aromatic heterocycles. The summed E-state index contributed by atoms with van der Waals surface area (Å²) in [6.45, 7) is 0.718. The Bertz CT molecular complexity index is 926. The van der Waals surface area contributed by atoms with Gasteiger partial charge in [0.1, 0.15) is 16.5 Å². The van der Waals surface area contributed by atoms with Crippen LogP contribution in [0.15, 0.2) is 53.4 Å². The maximum absolute atomic E-state index is 13.8. The molecule has 27 heavy (non-hydrogen) atoms. The van der Waals surface area contributed by atoms with E-state index in [-0.39, 0.29) is 49.2 Å². The zero-order valence-electron chi connectivity index (χ0n) is 14.6. The van der Waals surface area contributed by atoms with Crippen LogP contribution in [0.2, 0.25) is 0 Å². The standard InChI is InChI=1S/C19H20F2N2O3S/c20-16-5-3-4-15(14-16)8-9-19(24)22-10-12-23(13-11-22)27(25,26)18-7-2-1-6-17(18)21/h1-7,14H,8-13H2. The van der Waals surface area contributed by atoms with Gasteiger partial charge in [-0.2, -0.15) is 4.31 Å². The number of aryl methyl sites for hydroxylation is 1. The van der Waals surface area contributed by atoms with Crippen molar-refractivity contribution in [2.75, 3.05) is 26.2 Å². The van der Waals surface area contributed by atoms with Gasteiger partial charge in [0.25, 0.3) is 0 Å². The Morgan fingerprint density at radius 2 is 1.67 bits per heavy atom. The Balaban J connectivity index is 1.57. The van der Waals surface area contributed by atoms with Crippen LogP contribution in [0.3, 0.4) is 0 Å². The van der Waals surface area contributed by atoms with E-state index >= 15 is 0 Å². The average Bonchev–Trinajstić information content (AvgIpc) is 2.66. The number of carbonyl (C=O) groups excluding carboxylic acids is 1. The molecule has 0 saturated carbocycles. The van der Waals surface area contributed by atoms with Gasteiger partial charge >= 0.3 is 0 Å². The van der Waals surface area contributed by atoms with E-state index in [4.69, 9.17) is 0 Å². The Hall–Kier alpha value is -2.32. The van der Waals surface area contributed by atoms with Crippen molar-refractivity contribution in [3.05, 3.63) is 65.7 Å². The highest BCUT2D eigenvalue weighted by Crippen LogP contribution is 2.20. The second-order valence-electron chi connectivity index (χ2n) is 6.35. The van der Waals surface area contributed by atoms with Crippen LogP contribution in [0.5, 0.6) is 0 Å². The van der Waals surface area contributed by atoms with E-state index in [1.165, 1.54) is 34.6 Å². The lowest BCUT2D eigenvalue weighted by Crippen LogP contribution is -2.50. The molecule has 0 bridgehead atoms. The molecule has 1 heterocycles. The zero-order valence-corrected chi connectivity index (χ0v) is 15.5. The highest BCUT2D eigenvalue weighted by atomic mass is 32.2. The molecule has 0 radical (unpaired) electrons. The number of carbonyl (C=O) groups is 1. The van der Waals surface area contributed by atoms with Crippen LogP contribution in [0.25, 0.3) is 0 Å². The lowest BCUT2D eigenvalue weighted by molar-refractivity contribution is -0.132. The van der Waals surface area contributed by atoms with Crippen LogP contribution in [-0.2, 0) is 21.2 Å². The van der Waals surface area contributed by atoms with Gasteiger partial charge in [-0.05, 0) is 36.2 Å². The van der Waals surface area contributed by atoms with E-state index < -0.39 is 15.8 Å². The van der Waals surface area contributed by atoms with Gasteiger partial charge in [0.2, 0.25) is 15.9 Å². The third-order valence-electron chi connectivity index (χ3n) is 4.56. The fourth-order valence-corrected chi connectivity index (χ4v) is 4.56. The molecule has 0 aliphatic carbocycles. The number of nitrogens with zero attached hydrogens (tertiary/aromatic N) is 2. The normalized spacial score (nSPS) is 15.7. The largest absolute Gasteiger partial charge is 0.340 e. The van der Waals surface area contributed by atoms with Gasteiger partial charge in [0, 0.05) is 32.6 Å². The molecular weight excluding hydrogens is 374 g/mol. The summed E-state index contributed by atoms with van der Waals surface area (Å²) in [5, 5.41) is 0. The number of piperazine rings is 1. The quantitative estimate of drug-likeness (QED) is 0.783. The summed E-state index contributed by atoms with van der Waals surface area (Å²) in [6, 6.07) is 11.4. The van der Waals surface area contributed by atoms with E-state index in [2.05, 4.69) is 0 Å². The number of rotatable bonds is 5. The summed E-state index contributed by atoms with van der Waals surface area (Å²) >= 11 is 0. The van der Waals surface area contributed by atoms with E-state index in [0.717, 1.165) is 11.6 Å². The van der Waals surface area contributed by atoms with Gasteiger partial charge in [-0.1, -0.05) is 24.3 Å². The smallest absolute Gasteiger partial charge is 0.246 e. The molecule has 3 rings (SSSR count). The first-order valence-corrected chi connectivity index (χ1v) is 10.1. The van der Waals surface area contributed by atoms with Crippen LogP contribution in [0.4, 0.5) is 8.78 Å². The molecule has 5 nitrogen and oxygen atoms in total. The van der Waals surface area contributed by atoms with Crippen LogP contribution >= 0.6 is 0 Å². The topological polar surface area (TPSA) is 57.7 Å². The van der Waals surface area contributed by atoms with Crippen LogP contribution in [0.1, 0.15) is 12.0 Å². The fourth-order valence-electron chi connectivity index (χ4n) is 3.07. The highest BCUT2D eigenvalue weighted by Gasteiger charge is 2.31. The minimum absolute atomic E-state index is 0.109. The summed E-state index contributed by atoms with van der Waals surface area (Å²) in [5.41, 5.74) is 0.740. The highest BCUT2D eigenvalue weighted by molar-refractivity contribution is 7.89. The predicted octanol–water partition coefficient (Wildman–Crippen LogP) is 2.43. The maximum Gasteiger partial charge on any atom is 0.246 e. The molecule has 1 fully saturated rings. The van der Waals surface area contributed by atoms with Crippen molar-refractivity contribution in [1.29, 1.82) is 0 Å². The molecule has 1 aliphatic rings. The second kappa shape index (κ2) is 8.14. The first kappa shape index (κ1) is 19.4. The van der Waals surface area contributed by atoms with Crippen LogP contribution in [0, 0.1) is 11.6 Å². The zero-order chi connectivity index (χ0) is 19.4. The summed E-state index contributed by atoms with van der Waals surface area (Å²) < 4.78 is 53.4. The van der Waals surface area contributed by atoms with Gasteiger partial charge in [0.05, 0.1) is 0 Å². The number of benzene rings is 2. The van der Waals surface area contributed by atoms with Gasteiger partial charge < -0.3 is 4.90 Å². The Kier molecular flexibility index (Phi) is 5.86. The van der Waals surface area contributed by atoms with E-state index in [0.29, 0.717) is 6.42 Å². The molecule has 1 aliphatic heterocycles. The van der Waals surface area contributed by atoms with Crippen molar-refractivity contribution in [2.45, 2.75) is 17.7 Å². The first-order valence-electron chi connectivity index (χ1n) is 8.65. The fraction of sp³-hybridized carbons (Fsp3) is 0.316. The molecule has 2 aromatic rings. The van der Waals surface area contributed by atoms with Gasteiger partial charge in [-0.25, -0.2) is 17.2 Å². The molecule has 144 valence electrons. The van der Waals surface area contributed by atoms with Crippen LogP contribution < -0.4 is 0 Å². The van der Waals surface area contributed by atoms with Gasteiger partial charge in [0.15, 0.2) is 0 Å². The van der Waals surface area contributed by atoms with E-state index in [9.17, 15) is 22.0 Å². The minimum Gasteiger partial charge on any atom is -0.340 e. The average molecular weight is 394 g/mol. The number of halogens is 2.